The van der Waals surface area contributed by atoms with Crippen molar-refractivity contribution in [2.75, 3.05) is 6.54 Å². The van der Waals surface area contributed by atoms with Gasteiger partial charge in [0.15, 0.2) is 0 Å². The van der Waals surface area contributed by atoms with Crippen LogP contribution in [0.4, 0.5) is 0 Å². The molecule has 0 aliphatic rings. The molecule has 3 heteroatoms. The number of amides is 1. The van der Waals surface area contributed by atoms with Crippen LogP contribution in [0.1, 0.15) is 54.4 Å². The molecule has 0 fully saturated rings. The molecule has 0 heterocycles. The Morgan fingerprint density at radius 3 is 2.18 bits per heavy atom. The average Bonchev–Trinajstić information content (AvgIpc) is 2.12. The summed E-state index contributed by atoms with van der Waals surface area (Å²) in [6.07, 6.45) is 1.68. The molecule has 0 bridgehead atoms. The van der Waals surface area contributed by atoms with Gasteiger partial charge in [0.1, 0.15) is 0 Å². The number of carbonyl (C=O) groups is 1. The summed E-state index contributed by atoms with van der Waals surface area (Å²) in [4.78, 5) is 11.8. The van der Waals surface area contributed by atoms with Crippen LogP contribution in [0.3, 0.4) is 0 Å². The van der Waals surface area contributed by atoms with Crippen molar-refractivity contribution in [3.05, 3.63) is 0 Å². The van der Waals surface area contributed by atoms with Crippen LogP contribution in [0.2, 0.25) is 0 Å². The van der Waals surface area contributed by atoms with Crippen molar-refractivity contribution in [1.29, 1.82) is 0 Å². The number of hydrogen-bond acceptors (Lipinski definition) is 2. The second kappa shape index (κ2) is 7.00. The molecule has 17 heavy (non-hydrogen) atoms. The topological polar surface area (TPSA) is 55.1 Å². The summed E-state index contributed by atoms with van der Waals surface area (Å²) in [5.41, 5.74) is 5.87. The minimum absolute atomic E-state index is 0.148. The molecule has 0 rings (SSSR count). The highest BCUT2D eigenvalue weighted by atomic mass is 16.1. The molecular weight excluding hydrogens is 212 g/mol. The molecule has 0 aliphatic heterocycles. The zero-order chi connectivity index (χ0) is 13.6. The SMILES string of the molecule is CC(CC(=O)NC(C)C(C)CN)CC(C)(C)C. The molecule has 1 amide bonds. The molecule has 0 radical (unpaired) electrons. The Balaban J connectivity index is 4.02. The highest BCUT2D eigenvalue weighted by molar-refractivity contribution is 5.76. The van der Waals surface area contributed by atoms with E-state index in [9.17, 15) is 4.79 Å². The van der Waals surface area contributed by atoms with E-state index in [0.29, 0.717) is 24.8 Å². The van der Waals surface area contributed by atoms with Gasteiger partial charge in [-0.25, -0.2) is 0 Å². The lowest BCUT2D eigenvalue weighted by Gasteiger charge is -2.24. The van der Waals surface area contributed by atoms with Crippen LogP contribution >= 0.6 is 0 Å². The minimum Gasteiger partial charge on any atom is -0.353 e. The van der Waals surface area contributed by atoms with Gasteiger partial charge in [-0.3, -0.25) is 4.79 Å². The molecule has 0 spiro atoms. The van der Waals surface area contributed by atoms with Crippen molar-refractivity contribution in [2.24, 2.45) is 23.0 Å². The van der Waals surface area contributed by atoms with E-state index in [0.717, 1.165) is 6.42 Å². The summed E-state index contributed by atoms with van der Waals surface area (Å²) in [6.45, 7) is 13.5. The molecule has 0 saturated heterocycles. The average molecular weight is 242 g/mol. The van der Waals surface area contributed by atoms with Crippen LogP contribution in [-0.4, -0.2) is 18.5 Å². The van der Waals surface area contributed by atoms with Gasteiger partial charge >= 0.3 is 0 Å². The van der Waals surface area contributed by atoms with Crippen LogP contribution in [0.15, 0.2) is 0 Å². The maximum absolute atomic E-state index is 11.8. The third kappa shape index (κ3) is 8.19. The third-order valence-corrected chi connectivity index (χ3v) is 3.11. The first-order chi connectivity index (χ1) is 7.65. The van der Waals surface area contributed by atoms with E-state index in [1.165, 1.54) is 0 Å². The van der Waals surface area contributed by atoms with Gasteiger partial charge in [0, 0.05) is 12.5 Å². The standard InChI is InChI=1S/C14H30N2O/c1-10(8-14(4,5)6)7-13(17)16-12(3)11(2)9-15/h10-12H,7-9,15H2,1-6H3,(H,16,17). The van der Waals surface area contributed by atoms with Gasteiger partial charge in [-0.1, -0.05) is 34.6 Å². The van der Waals surface area contributed by atoms with E-state index in [2.05, 4.69) is 39.9 Å². The Kier molecular flexibility index (Phi) is 6.76. The maximum Gasteiger partial charge on any atom is 0.220 e. The molecule has 3 N–H and O–H groups in total. The highest BCUT2D eigenvalue weighted by Gasteiger charge is 2.19. The number of hydrogen-bond donors (Lipinski definition) is 2. The summed E-state index contributed by atoms with van der Waals surface area (Å²) in [5, 5.41) is 3.03. The molecule has 3 nitrogen and oxygen atoms in total. The summed E-state index contributed by atoms with van der Waals surface area (Å²) in [6, 6.07) is 0.161. The first-order valence-corrected chi connectivity index (χ1v) is 6.65. The quantitative estimate of drug-likeness (QED) is 0.752. The number of carbonyl (C=O) groups excluding carboxylic acids is 1. The van der Waals surface area contributed by atoms with Crippen molar-refractivity contribution >= 4 is 5.91 Å². The maximum atomic E-state index is 11.8. The van der Waals surface area contributed by atoms with Crippen LogP contribution in [0.5, 0.6) is 0 Å². The lowest BCUT2D eigenvalue weighted by atomic mass is 9.84. The number of nitrogens with one attached hydrogen (secondary N) is 1. The van der Waals surface area contributed by atoms with E-state index in [4.69, 9.17) is 5.73 Å². The molecule has 0 saturated carbocycles. The highest BCUT2D eigenvalue weighted by Crippen LogP contribution is 2.25. The molecule has 0 aliphatic carbocycles. The van der Waals surface area contributed by atoms with Crippen molar-refractivity contribution in [2.45, 2.75) is 60.4 Å². The monoisotopic (exact) mass is 242 g/mol. The Morgan fingerprint density at radius 2 is 1.76 bits per heavy atom. The molecule has 3 unspecified atom stereocenters. The van der Waals surface area contributed by atoms with Crippen LogP contribution in [0, 0.1) is 17.3 Å². The fourth-order valence-electron chi connectivity index (χ4n) is 2.09. The first-order valence-electron chi connectivity index (χ1n) is 6.65. The van der Waals surface area contributed by atoms with Crippen molar-refractivity contribution in [1.82, 2.24) is 5.32 Å². The lowest BCUT2D eigenvalue weighted by Crippen LogP contribution is -2.40. The van der Waals surface area contributed by atoms with Gasteiger partial charge < -0.3 is 11.1 Å². The largest absolute Gasteiger partial charge is 0.353 e. The van der Waals surface area contributed by atoms with Gasteiger partial charge in [0.05, 0.1) is 0 Å². The predicted octanol–water partition coefficient (Wildman–Crippen LogP) is 2.55. The van der Waals surface area contributed by atoms with Crippen molar-refractivity contribution < 1.29 is 4.79 Å². The normalized spacial score (nSPS) is 17.4. The fourth-order valence-corrected chi connectivity index (χ4v) is 2.09. The first kappa shape index (κ1) is 16.4. The smallest absolute Gasteiger partial charge is 0.220 e. The van der Waals surface area contributed by atoms with Gasteiger partial charge in [-0.2, -0.15) is 0 Å². The lowest BCUT2D eigenvalue weighted by molar-refractivity contribution is -0.122. The number of nitrogens with two attached hydrogens (primary N) is 1. The fraction of sp³-hybridized carbons (Fsp3) is 0.929. The van der Waals surface area contributed by atoms with Gasteiger partial charge in [0.25, 0.3) is 0 Å². The van der Waals surface area contributed by atoms with Gasteiger partial charge in [-0.05, 0) is 37.1 Å². The predicted molar refractivity (Wildman–Crippen MR) is 73.7 cm³/mol. The Bertz CT molecular complexity index is 233. The van der Waals surface area contributed by atoms with E-state index in [-0.39, 0.29) is 17.4 Å². The van der Waals surface area contributed by atoms with Crippen LogP contribution < -0.4 is 11.1 Å². The third-order valence-electron chi connectivity index (χ3n) is 3.11. The summed E-state index contributed by atoms with van der Waals surface area (Å²) >= 11 is 0. The number of rotatable bonds is 6. The molecule has 0 aromatic heterocycles. The molecule has 0 aromatic carbocycles. The Labute approximate surface area is 107 Å². The van der Waals surface area contributed by atoms with E-state index < -0.39 is 0 Å². The van der Waals surface area contributed by atoms with Crippen LogP contribution in [-0.2, 0) is 4.79 Å². The van der Waals surface area contributed by atoms with Crippen molar-refractivity contribution in [3.8, 4) is 0 Å². The molecule has 3 atom stereocenters. The molecule has 102 valence electrons. The second-order valence-corrected chi connectivity index (χ2v) is 6.64. The minimum atomic E-state index is 0.148. The summed E-state index contributed by atoms with van der Waals surface area (Å²) in [5.74, 6) is 0.904. The second-order valence-electron chi connectivity index (χ2n) is 6.64. The Morgan fingerprint density at radius 1 is 1.24 bits per heavy atom. The Hall–Kier alpha value is -0.570. The summed E-state index contributed by atoms with van der Waals surface area (Å²) < 4.78 is 0. The van der Waals surface area contributed by atoms with E-state index in [1.807, 2.05) is 6.92 Å². The van der Waals surface area contributed by atoms with E-state index >= 15 is 0 Å². The molecule has 0 aromatic rings. The van der Waals surface area contributed by atoms with Crippen molar-refractivity contribution in [3.63, 3.8) is 0 Å². The zero-order valence-electron chi connectivity index (χ0n) is 12.3. The van der Waals surface area contributed by atoms with Crippen LogP contribution in [0.25, 0.3) is 0 Å². The summed E-state index contributed by atoms with van der Waals surface area (Å²) in [7, 11) is 0. The van der Waals surface area contributed by atoms with E-state index in [1.54, 1.807) is 0 Å². The van der Waals surface area contributed by atoms with Gasteiger partial charge in [0.2, 0.25) is 5.91 Å². The zero-order valence-corrected chi connectivity index (χ0v) is 12.3. The molecular formula is C14H30N2O. The van der Waals surface area contributed by atoms with Gasteiger partial charge in [-0.15, -0.1) is 0 Å².